The number of benzene rings is 1. The predicted octanol–water partition coefficient (Wildman–Crippen LogP) is 3.82. The summed E-state index contributed by atoms with van der Waals surface area (Å²) >= 11 is 0. The van der Waals surface area contributed by atoms with Crippen LogP contribution < -0.4 is 5.32 Å². The molecule has 0 radical (unpaired) electrons. The van der Waals surface area contributed by atoms with Gasteiger partial charge in [-0.1, -0.05) is 38.0 Å². The first-order valence-electron chi connectivity index (χ1n) is 6.57. The molecule has 0 bridgehead atoms. The second-order valence-electron chi connectivity index (χ2n) is 5.22. The maximum Gasteiger partial charge on any atom is 0.0639 e. The van der Waals surface area contributed by atoms with Crippen LogP contribution in [0.3, 0.4) is 0 Å². The summed E-state index contributed by atoms with van der Waals surface area (Å²) in [7, 11) is 0. The van der Waals surface area contributed by atoms with E-state index in [0.29, 0.717) is 0 Å². The molecule has 0 spiro atoms. The van der Waals surface area contributed by atoms with E-state index in [1.54, 1.807) is 0 Å². The second kappa shape index (κ2) is 6.65. The molecule has 0 aliphatic rings. The van der Waals surface area contributed by atoms with Crippen LogP contribution in [0, 0.1) is 0 Å². The molecule has 0 heterocycles. The zero-order chi connectivity index (χ0) is 12.7. The SMILES string of the molecule is CCCC[C@@](C)(O)C[C@@H](C)Nc1ccccc1. The lowest BCUT2D eigenvalue weighted by molar-refractivity contribution is 0.0364. The first-order valence-corrected chi connectivity index (χ1v) is 6.57. The molecule has 0 unspecified atom stereocenters. The lowest BCUT2D eigenvalue weighted by Gasteiger charge is -2.27. The van der Waals surface area contributed by atoms with E-state index in [1.165, 1.54) is 0 Å². The van der Waals surface area contributed by atoms with Crippen LogP contribution in [-0.4, -0.2) is 16.7 Å². The van der Waals surface area contributed by atoms with Gasteiger partial charge in [0.15, 0.2) is 0 Å². The fraction of sp³-hybridized carbons (Fsp3) is 0.600. The highest BCUT2D eigenvalue weighted by Crippen LogP contribution is 2.21. The molecule has 2 N–H and O–H groups in total. The summed E-state index contributed by atoms with van der Waals surface area (Å²) in [5, 5.41) is 13.7. The summed E-state index contributed by atoms with van der Waals surface area (Å²) < 4.78 is 0. The summed E-state index contributed by atoms with van der Waals surface area (Å²) in [6.07, 6.45) is 3.88. The van der Waals surface area contributed by atoms with Gasteiger partial charge in [-0.15, -0.1) is 0 Å². The normalized spacial score (nSPS) is 16.2. The number of unbranched alkanes of at least 4 members (excludes halogenated alkanes) is 1. The first-order chi connectivity index (χ1) is 8.03. The van der Waals surface area contributed by atoms with E-state index in [1.807, 2.05) is 25.1 Å². The average molecular weight is 235 g/mol. The Morgan fingerprint density at radius 1 is 1.29 bits per heavy atom. The predicted molar refractivity (Wildman–Crippen MR) is 74.3 cm³/mol. The number of hydrogen-bond acceptors (Lipinski definition) is 2. The van der Waals surface area contributed by atoms with Crippen molar-refractivity contribution in [2.75, 3.05) is 5.32 Å². The molecule has 0 aliphatic heterocycles. The Hall–Kier alpha value is -1.02. The lowest BCUT2D eigenvalue weighted by Crippen LogP contribution is -2.32. The Kier molecular flexibility index (Phi) is 5.49. The molecule has 2 atom stereocenters. The van der Waals surface area contributed by atoms with Crippen molar-refractivity contribution in [3.63, 3.8) is 0 Å². The van der Waals surface area contributed by atoms with E-state index in [0.717, 1.165) is 31.4 Å². The molecule has 2 nitrogen and oxygen atoms in total. The summed E-state index contributed by atoms with van der Waals surface area (Å²) in [5.74, 6) is 0. The number of aliphatic hydroxyl groups is 1. The molecule has 0 aromatic heterocycles. The Morgan fingerprint density at radius 3 is 2.53 bits per heavy atom. The van der Waals surface area contributed by atoms with Crippen molar-refractivity contribution < 1.29 is 5.11 Å². The maximum absolute atomic E-state index is 10.3. The van der Waals surface area contributed by atoms with Crippen LogP contribution in [0.5, 0.6) is 0 Å². The van der Waals surface area contributed by atoms with E-state index in [4.69, 9.17) is 0 Å². The summed E-state index contributed by atoms with van der Waals surface area (Å²) in [5.41, 5.74) is 0.559. The van der Waals surface area contributed by atoms with Crippen LogP contribution in [0.1, 0.15) is 46.5 Å². The van der Waals surface area contributed by atoms with Crippen LogP contribution in [0.25, 0.3) is 0 Å². The minimum Gasteiger partial charge on any atom is -0.390 e. The zero-order valence-electron chi connectivity index (χ0n) is 11.2. The number of hydrogen-bond donors (Lipinski definition) is 2. The number of rotatable bonds is 7. The van der Waals surface area contributed by atoms with Crippen molar-refractivity contribution in [1.29, 1.82) is 0 Å². The Morgan fingerprint density at radius 2 is 1.94 bits per heavy atom. The number of para-hydroxylation sites is 1. The van der Waals surface area contributed by atoms with E-state index in [2.05, 4.69) is 31.3 Å². The van der Waals surface area contributed by atoms with Crippen LogP contribution in [-0.2, 0) is 0 Å². The van der Waals surface area contributed by atoms with Gasteiger partial charge in [0.05, 0.1) is 5.60 Å². The van der Waals surface area contributed by atoms with Crippen molar-refractivity contribution in [2.45, 2.75) is 58.1 Å². The Balaban J connectivity index is 2.41. The van der Waals surface area contributed by atoms with Gasteiger partial charge in [0, 0.05) is 11.7 Å². The molecule has 2 heteroatoms. The highest BCUT2D eigenvalue weighted by molar-refractivity contribution is 5.43. The highest BCUT2D eigenvalue weighted by Gasteiger charge is 2.22. The number of anilines is 1. The minimum absolute atomic E-state index is 0.282. The van der Waals surface area contributed by atoms with Crippen molar-refractivity contribution in [2.24, 2.45) is 0 Å². The van der Waals surface area contributed by atoms with Crippen LogP contribution in [0.4, 0.5) is 5.69 Å². The summed E-state index contributed by atoms with van der Waals surface area (Å²) in [6.45, 7) is 6.21. The Bertz CT molecular complexity index is 308. The van der Waals surface area contributed by atoms with Crippen molar-refractivity contribution >= 4 is 5.69 Å². The van der Waals surface area contributed by atoms with Gasteiger partial charge in [-0.05, 0) is 38.8 Å². The molecule has 1 aromatic carbocycles. The van der Waals surface area contributed by atoms with Crippen molar-refractivity contribution in [1.82, 2.24) is 0 Å². The zero-order valence-corrected chi connectivity index (χ0v) is 11.2. The van der Waals surface area contributed by atoms with Crippen molar-refractivity contribution in [3.05, 3.63) is 30.3 Å². The van der Waals surface area contributed by atoms with Crippen LogP contribution in [0.15, 0.2) is 30.3 Å². The molecule has 0 fully saturated rings. The standard InChI is InChI=1S/C15H25NO/c1-4-5-11-15(3,17)12-13(2)16-14-9-7-6-8-10-14/h6-10,13,16-17H,4-5,11-12H2,1-3H3/t13-,15-/m1/s1. The first kappa shape index (κ1) is 14.0. The second-order valence-corrected chi connectivity index (χ2v) is 5.22. The summed E-state index contributed by atoms with van der Waals surface area (Å²) in [6, 6.07) is 10.4. The quantitative estimate of drug-likeness (QED) is 0.753. The average Bonchev–Trinajstić information content (AvgIpc) is 2.27. The summed E-state index contributed by atoms with van der Waals surface area (Å²) in [4.78, 5) is 0. The van der Waals surface area contributed by atoms with Crippen LogP contribution >= 0.6 is 0 Å². The van der Waals surface area contributed by atoms with Gasteiger partial charge in [0.2, 0.25) is 0 Å². The fourth-order valence-corrected chi connectivity index (χ4v) is 2.19. The molecular weight excluding hydrogens is 210 g/mol. The van der Waals surface area contributed by atoms with Gasteiger partial charge >= 0.3 is 0 Å². The highest BCUT2D eigenvalue weighted by atomic mass is 16.3. The van der Waals surface area contributed by atoms with E-state index in [9.17, 15) is 5.11 Å². The monoisotopic (exact) mass is 235 g/mol. The third-order valence-corrected chi connectivity index (χ3v) is 3.00. The van der Waals surface area contributed by atoms with E-state index >= 15 is 0 Å². The molecule has 1 aromatic rings. The molecule has 0 amide bonds. The Labute approximate surface area is 105 Å². The van der Waals surface area contributed by atoms with Gasteiger partial charge in [0.1, 0.15) is 0 Å². The third-order valence-electron chi connectivity index (χ3n) is 3.00. The molecule has 0 aliphatic carbocycles. The lowest BCUT2D eigenvalue weighted by atomic mass is 9.92. The topological polar surface area (TPSA) is 32.3 Å². The molecule has 17 heavy (non-hydrogen) atoms. The molecule has 0 saturated carbocycles. The fourth-order valence-electron chi connectivity index (χ4n) is 2.19. The maximum atomic E-state index is 10.3. The largest absolute Gasteiger partial charge is 0.390 e. The van der Waals surface area contributed by atoms with Crippen molar-refractivity contribution in [3.8, 4) is 0 Å². The van der Waals surface area contributed by atoms with Gasteiger partial charge in [-0.25, -0.2) is 0 Å². The molecule has 1 rings (SSSR count). The van der Waals surface area contributed by atoms with Gasteiger partial charge in [-0.3, -0.25) is 0 Å². The molecule has 96 valence electrons. The van der Waals surface area contributed by atoms with Gasteiger partial charge in [-0.2, -0.15) is 0 Å². The van der Waals surface area contributed by atoms with Crippen LogP contribution in [0.2, 0.25) is 0 Å². The van der Waals surface area contributed by atoms with Gasteiger partial charge < -0.3 is 10.4 Å². The minimum atomic E-state index is -0.558. The molecule has 0 saturated heterocycles. The third kappa shape index (κ3) is 5.73. The molecular formula is C15H25NO. The van der Waals surface area contributed by atoms with E-state index < -0.39 is 5.60 Å². The van der Waals surface area contributed by atoms with E-state index in [-0.39, 0.29) is 6.04 Å². The smallest absolute Gasteiger partial charge is 0.0639 e. The van der Waals surface area contributed by atoms with Gasteiger partial charge in [0.25, 0.3) is 0 Å². The number of nitrogens with one attached hydrogen (secondary N) is 1.